The summed E-state index contributed by atoms with van der Waals surface area (Å²) in [4.78, 5) is 25.9. The van der Waals surface area contributed by atoms with E-state index >= 15 is 0 Å². The predicted molar refractivity (Wildman–Crippen MR) is 105 cm³/mol. The lowest BCUT2D eigenvalue weighted by Gasteiger charge is -2.32. The lowest BCUT2D eigenvalue weighted by Crippen LogP contribution is -2.50. The summed E-state index contributed by atoms with van der Waals surface area (Å²) in [6.45, 7) is 0.347. The molecule has 0 aromatic heterocycles. The maximum Gasteiger partial charge on any atom is 0.234 e. The Labute approximate surface area is 165 Å². The van der Waals surface area contributed by atoms with Gasteiger partial charge in [0.25, 0.3) is 0 Å². The van der Waals surface area contributed by atoms with Gasteiger partial charge in [0.1, 0.15) is 11.9 Å². The molecule has 1 aliphatic rings. The van der Waals surface area contributed by atoms with Crippen LogP contribution in [-0.4, -0.2) is 74.4 Å². The van der Waals surface area contributed by atoms with Gasteiger partial charge in [-0.3, -0.25) is 9.59 Å². The zero-order chi connectivity index (χ0) is 20.5. The van der Waals surface area contributed by atoms with Gasteiger partial charge in [0.15, 0.2) is 0 Å². The lowest BCUT2D eigenvalue weighted by molar-refractivity contribution is -0.128. The summed E-state index contributed by atoms with van der Waals surface area (Å²) >= 11 is 0. The normalized spacial score (nSPS) is 21.4. The molecular weight excluding hydrogens is 362 g/mol. The average Bonchev–Trinajstić information content (AvgIpc) is 2.67. The Bertz CT molecular complexity index is 692. The Morgan fingerprint density at radius 3 is 2.64 bits per heavy atom. The van der Waals surface area contributed by atoms with E-state index in [-0.39, 0.29) is 31.4 Å². The smallest absolute Gasteiger partial charge is 0.234 e. The van der Waals surface area contributed by atoms with Crippen molar-refractivity contribution in [1.29, 1.82) is 0 Å². The van der Waals surface area contributed by atoms with Crippen LogP contribution in [0.3, 0.4) is 0 Å². The number of hydrogen-bond acceptors (Lipinski definition) is 6. The van der Waals surface area contributed by atoms with Gasteiger partial charge in [-0.1, -0.05) is 30.4 Å². The molecule has 2 amide bonds. The molecular formula is C20H29N3O5. The van der Waals surface area contributed by atoms with E-state index < -0.39 is 18.2 Å². The molecule has 1 aromatic rings. The minimum atomic E-state index is -0.594. The number of methoxy groups -OCH3 is 1. The first-order chi connectivity index (χ1) is 13.4. The number of likely N-dealkylation sites (N-methyl/N-ethyl adjacent to an activating group) is 1. The van der Waals surface area contributed by atoms with Crippen LogP contribution in [0.4, 0.5) is 0 Å². The first-order valence-electron chi connectivity index (χ1n) is 9.20. The van der Waals surface area contributed by atoms with E-state index in [4.69, 9.17) is 9.47 Å². The number of carbonyl (C=O) groups excluding carboxylic acids is 2. The Kier molecular flexibility index (Phi) is 8.43. The third-order valence-corrected chi connectivity index (χ3v) is 4.31. The number of aliphatic hydroxyl groups excluding tert-OH is 1. The van der Waals surface area contributed by atoms with Crippen LogP contribution in [-0.2, 0) is 20.9 Å². The van der Waals surface area contributed by atoms with Crippen molar-refractivity contribution >= 4 is 11.8 Å². The molecule has 154 valence electrons. The van der Waals surface area contributed by atoms with Gasteiger partial charge in [-0.25, -0.2) is 0 Å². The Morgan fingerprint density at radius 2 is 1.96 bits per heavy atom. The zero-order valence-electron chi connectivity index (χ0n) is 16.6. The number of aliphatic hydroxyl groups is 1. The van der Waals surface area contributed by atoms with Crippen LogP contribution in [0, 0.1) is 0 Å². The molecule has 8 heteroatoms. The number of amides is 2. The van der Waals surface area contributed by atoms with E-state index in [1.807, 2.05) is 24.3 Å². The molecule has 0 radical (unpaired) electrons. The number of rotatable bonds is 9. The molecule has 1 heterocycles. The van der Waals surface area contributed by atoms with Crippen LogP contribution in [0.2, 0.25) is 0 Å². The van der Waals surface area contributed by atoms with E-state index in [0.29, 0.717) is 12.3 Å². The van der Waals surface area contributed by atoms with E-state index in [2.05, 4.69) is 10.6 Å². The van der Waals surface area contributed by atoms with Crippen molar-refractivity contribution in [3.05, 3.63) is 42.0 Å². The maximum atomic E-state index is 12.3. The number of hydrogen-bond donors (Lipinski definition) is 3. The number of para-hydroxylation sites is 1. The fraction of sp³-hybridized carbons (Fsp3) is 0.500. The Morgan fingerprint density at radius 1 is 1.21 bits per heavy atom. The molecule has 0 saturated carbocycles. The molecule has 1 aliphatic heterocycles. The van der Waals surface area contributed by atoms with Crippen molar-refractivity contribution in [2.45, 2.75) is 31.2 Å². The van der Waals surface area contributed by atoms with Gasteiger partial charge in [-0.05, 0) is 20.2 Å². The molecule has 0 unspecified atom stereocenters. The third kappa shape index (κ3) is 6.63. The van der Waals surface area contributed by atoms with Crippen molar-refractivity contribution in [2.24, 2.45) is 0 Å². The molecule has 2 rings (SSSR count). The summed E-state index contributed by atoms with van der Waals surface area (Å²) in [7, 11) is 5.19. The molecule has 1 aromatic carbocycles. The van der Waals surface area contributed by atoms with Gasteiger partial charge in [-0.2, -0.15) is 0 Å². The maximum absolute atomic E-state index is 12.3. The van der Waals surface area contributed by atoms with E-state index in [9.17, 15) is 14.7 Å². The number of nitrogens with zero attached hydrogens (tertiary/aromatic N) is 1. The van der Waals surface area contributed by atoms with Crippen molar-refractivity contribution < 1.29 is 24.2 Å². The van der Waals surface area contributed by atoms with Gasteiger partial charge in [0.05, 0.1) is 38.8 Å². The third-order valence-electron chi connectivity index (χ3n) is 4.31. The second kappa shape index (κ2) is 10.8. The zero-order valence-corrected chi connectivity index (χ0v) is 16.6. The molecule has 8 nitrogen and oxygen atoms in total. The van der Waals surface area contributed by atoms with Crippen molar-refractivity contribution in [3.63, 3.8) is 0 Å². The number of carbonyl (C=O) groups is 2. The highest BCUT2D eigenvalue weighted by Crippen LogP contribution is 2.18. The second-order valence-corrected chi connectivity index (χ2v) is 6.90. The van der Waals surface area contributed by atoms with Gasteiger partial charge in [0, 0.05) is 12.1 Å². The standard InChI is InChI=1S/C20H29N3O5/c1-23(2)12-20(26)22-16-9-8-15(28-18(16)13-24)10-19(25)21-11-14-6-4-5-7-17(14)27-3/h4-9,15-16,18,24H,10-13H2,1-3H3,(H,21,25)(H,22,26)/t15-,16+,18+/m0/s1. The first kappa shape index (κ1) is 21.9. The fourth-order valence-electron chi connectivity index (χ4n) is 2.95. The van der Waals surface area contributed by atoms with Gasteiger partial charge >= 0.3 is 0 Å². The van der Waals surface area contributed by atoms with Crippen molar-refractivity contribution in [3.8, 4) is 5.75 Å². The van der Waals surface area contributed by atoms with E-state index in [1.54, 1.807) is 38.3 Å². The fourth-order valence-corrected chi connectivity index (χ4v) is 2.95. The number of nitrogens with one attached hydrogen (secondary N) is 2. The Balaban J connectivity index is 1.86. The molecule has 0 fully saturated rings. The largest absolute Gasteiger partial charge is 0.496 e. The van der Waals surface area contributed by atoms with Crippen LogP contribution in [0.5, 0.6) is 5.75 Å². The lowest BCUT2D eigenvalue weighted by atomic mass is 10.0. The molecule has 3 N–H and O–H groups in total. The molecule has 0 spiro atoms. The van der Waals surface area contributed by atoms with Gasteiger partial charge < -0.3 is 30.1 Å². The molecule has 0 bridgehead atoms. The second-order valence-electron chi connectivity index (χ2n) is 6.90. The summed E-state index contributed by atoms with van der Waals surface area (Å²) in [5.74, 6) is 0.385. The SMILES string of the molecule is COc1ccccc1CNC(=O)C[C@@H]1C=C[C@@H](NC(=O)CN(C)C)[C@@H](CO)O1. The summed E-state index contributed by atoms with van der Waals surface area (Å²) in [6, 6.07) is 7.05. The quantitative estimate of drug-likeness (QED) is 0.515. The van der Waals surface area contributed by atoms with Gasteiger partial charge in [-0.15, -0.1) is 0 Å². The minimum Gasteiger partial charge on any atom is -0.496 e. The molecule has 28 heavy (non-hydrogen) atoms. The summed E-state index contributed by atoms with van der Waals surface area (Å²) in [5.41, 5.74) is 0.885. The monoisotopic (exact) mass is 391 g/mol. The predicted octanol–water partition coefficient (Wildman–Crippen LogP) is 0.0638. The molecule has 0 saturated heterocycles. The summed E-state index contributed by atoms with van der Waals surface area (Å²) in [5, 5.41) is 15.2. The topological polar surface area (TPSA) is 100 Å². The van der Waals surface area contributed by atoms with Gasteiger partial charge in [0.2, 0.25) is 11.8 Å². The summed E-state index contributed by atoms with van der Waals surface area (Å²) in [6.07, 6.45) is 2.59. The average molecular weight is 391 g/mol. The van der Waals surface area contributed by atoms with Crippen LogP contribution in [0.1, 0.15) is 12.0 Å². The van der Waals surface area contributed by atoms with Crippen molar-refractivity contribution in [1.82, 2.24) is 15.5 Å². The summed E-state index contributed by atoms with van der Waals surface area (Å²) < 4.78 is 11.0. The highest BCUT2D eigenvalue weighted by Gasteiger charge is 2.29. The highest BCUT2D eigenvalue weighted by molar-refractivity contribution is 5.79. The first-order valence-corrected chi connectivity index (χ1v) is 9.20. The van der Waals surface area contributed by atoms with E-state index in [0.717, 1.165) is 5.56 Å². The number of benzene rings is 1. The molecule has 0 aliphatic carbocycles. The van der Waals surface area contributed by atoms with E-state index in [1.165, 1.54) is 0 Å². The number of ether oxygens (including phenoxy) is 2. The highest BCUT2D eigenvalue weighted by atomic mass is 16.5. The Hall–Kier alpha value is -2.42. The van der Waals surface area contributed by atoms with Crippen LogP contribution < -0.4 is 15.4 Å². The van der Waals surface area contributed by atoms with Crippen LogP contribution >= 0.6 is 0 Å². The van der Waals surface area contributed by atoms with Crippen LogP contribution in [0.15, 0.2) is 36.4 Å². The minimum absolute atomic E-state index is 0.126. The van der Waals surface area contributed by atoms with Crippen LogP contribution in [0.25, 0.3) is 0 Å². The van der Waals surface area contributed by atoms with Crippen molar-refractivity contribution in [2.75, 3.05) is 34.4 Å². The molecule has 3 atom stereocenters.